The van der Waals surface area contributed by atoms with Crippen LogP contribution >= 0.6 is 46.4 Å². The summed E-state index contributed by atoms with van der Waals surface area (Å²) in [6.45, 7) is 77.4. The number of nitrogens with zero attached hydrogens (tertiary/aromatic N) is 1. The van der Waals surface area contributed by atoms with Crippen molar-refractivity contribution in [3.05, 3.63) is 351 Å². The summed E-state index contributed by atoms with van der Waals surface area (Å²) in [5.74, 6) is 0.799. The fourth-order valence-corrected chi connectivity index (χ4v) is 16.2. The van der Waals surface area contributed by atoms with Crippen LogP contribution in [0.5, 0.6) is 28.7 Å². The molecular formula is C121H163Cl4F4NO7S. The minimum absolute atomic E-state index is 0.0462. The first-order chi connectivity index (χ1) is 63.1. The molecule has 1 aliphatic heterocycles. The molecule has 0 amide bonds. The van der Waals surface area contributed by atoms with Crippen LogP contribution in [0.15, 0.2) is 223 Å². The summed E-state index contributed by atoms with van der Waals surface area (Å²) < 4.78 is 100. The maximum atomic E-state index is 13.7. The van der Waals surface area contributed by atoms with E-state index in [1.54, 1.807) is 55.8 Å². The van der Waals surface area contributed by atoms with Crippen LogP contribution < -0.4 is 18.9 Å². The Balaban J connectivity index is 0.000000396. The van der Waals surface area contributed by atoms with Gasteiger partial charge < -0.3 is 18.9 Å². The van der Waals surface area contributed by atoms with Gasteiger partial charge in [-0.3, -0.25) is 4.79 Å². The Bertz CT molecular complexity index is 5690. The molecule has 756 valence electrons. The number of carbonyl (C=O) groups is 1. The van der Waals surface area contributed by atoms with Crippen molar-refractivity contribution in [3.63, 3.8) is 0 Å². The lowest BCUT2D eigenvalue weighted by molar-refractivity contribution is 0.101. The predicted octanol–water partition coefficient (Wildman–Crippen LogP) is 36.7. The van der Waals surface area contributed by atoms with Crippen LogP contribution in [0.1, 0.15) is 328 Å². The molecule has 0 aromatic heterocycles. The summed E-state index contributed by atoms with van der Waals surface area (Å²) in [6.07, 6.45) is 3.08. The number of halogens is 8. The highest BCUT2D eigenvalue weighted by atomic mass is 35.5. The number of carbonyl (C=O) groups excluding carboxylic acids is 1. The zero-order valence-electron chi connectivity index (χ0n) is 90.6. The van der Waals surface area contributed by atoms with Gasteiger partial charge >= 0.3 is 0 Å². The molecule has 11 aromatic carbocycles. The van der Waals surface area contributed by atoms with E-state index in [1.165, 1.54) is 80.9 Å². The van der Waals surface area contributed by atoms with Gasteiger partial charge in [0.1, 0.15) is 28.8 Å². The maximum absolute atomic E-state index is 13.7. The van der Waals surface area contributed by atoms with E-state index in [2.05, 4.69) is 257 Å². The standard InChI is InChI=1S/C16H17ClO.C15H23NO2S.C12H18O.C12H16O.C12H18.C11H15Cl.C11H14F2O.C11H15FO.C11H16.C10H11Cl2F/c1-16(2,3)12-8-10-13(11-9-12)18-15-7-5-4-6-14(15)17;1-15(2,3)13-7-9-14(10-8-13)19(17,18)16-11-5-4-6-12-16;1-9-7-6-8-10(13-5)11(9)12(2,3)4;1-9(13)10-5-7-11(8-6-10)12(2,3)4;1-9-6-7-11(8-10(9)2)12(3,4)5;1-8-5-6-9(7-10(8)12)11(2,3)4;1-11(2,3)7-5-6-8(12)10(14-4)9(7)13;1-11(2,3)8-5-9(12)7-10(6-8)13-4;1-9-6-5-7-10(8-9)11(2,3)4;1-10(2,3)6-4-7(11)9(13)8(12)5-6/h4-11H,1-3H3;7-10H,4-6,11-12H2,1-3H3;6-8H,1-5H3;5-8H,1-4H3;6-8H,1-5H3;5-7H,1-4H3;5-6H,1-4H3;5-7H,1-4H3;5-8H,1-4H3;4-5H,1-3H3. The number of benzene rings is 11. The van der Waals surface area contributed by atoms with Gasteiger partial charge in [0.05, 0.1) is 41.3 Å². The molecule has 0 bridgehead atoms. The molecule has 0 aliphatic carbocycles. The number of ketones is 1. The second kappa shape index (κ2) is 52.7. The molecule has 1 saturated heterocycles. The maximum Gasteiger partial charge on any atom is 0.243 e. The minimum atomic E-state index is -3.29. The van der Waals surface area contributed by atoms with Crippen molar-refractivity contribution in [1.29, 1.82) is 0 Å². The number of sulfonamides is 1. The van der Waals surface area contributed by atoms with Crippen molar-refractivity contribution in [2.24, 2.45) is 0 Å². The molecule has 0 unspecified atom stereocenters. The molecule has 11 aromatic rings. The third-order valence-corrected chi connectivity index (χ3v) is 26.2. The summed E-state index contributed by atoms with van der Waals surface area (Å²) in [6, 6.07) is 69.3. The quantitative estimate of drug-likeness (QED) is 0.0850. The van der Waals surface area contributed by atoms with Crippen LogP contribution in [0.2, 0.25) is 20.1 Å². The van der Waals surface area contributed by atoms with Gasteiger partial charge in [0.15, 0.2) is 29.0 Å². The summed E-state index contributed by atoms with van der Waals surface area (Å²) in [5.41, 5.74) is 19.6. The first-order valence-corrected chi connectivity index (χ1v) is 50.4. The molecule has 0 N–H and O–H groups in total. The van der Waals surface area contributed by atoms with E-state index < -0.39 is 27.5 Å². The van der Waals surface area contributed by atoms with Gasteiger partial charge in [-0.05, 0) is 260 Å². The van der Waals surface area contributed by atoms with Gasteiger partial charge in [-0.15, -0.1) is 0 Å². The van der Waals surface area contributed by atoms with Gasteiger partial charge in [-0.25, -0.2) is 26.0 Å². The molecule has 1 fully saturated rings. The van der Waals surface area contributed by atoms with E-state index >= 15 is 0 Å². The zero-order chi connectivity index (χ0) is 106. The number of piperidine rings is 1. The van der Waals surface area contributed by atoms with Crippen molar-refractivity contribution < 1.29 is 49.7 Å². The van der Waals surface area contributed by atoms with Crippen LogP contribution in [0, 0.1) is 57.9 Å². The van der Waals surface area contributed by atoms with Crippen molar-refractivity contribution in [2.75, 3.05) is 34.4 Å². The number of Topliss-reactive ketones (excluding diaryl/α,β-unsaturated/α-hetero) is 1. The number of hydrogen-bond donors (Lipinski definition) is 0. The van der Waals surface area contributed by atoms with Gasteiger partial charge in [-0.1, -0.05) is 400 Å². The lowest BCUT2D eigenvalue weighted by atomic mass is 9.83. The average Bonchev–Trinajstić information content (AvgIpc) is 0.775. The van der Waals surface area contributed by atoms with Crippen molar-refractivity contribution >= 4 is 62.2 Å². The van der Waals surface area contributed by atoms with Crippen LogP contribution in [0.25, 0.3) is 0 Å². The zero-order valence-corrected chi connectivity index (χ0v) is 94.4. The number of aryl methyl sites for hydroxylation is 5. The molecule has 138 heavy (non-hydrogen) atoms. The fraction of sp³-hybridized carbons (Fsp3) is 0.446. The molecule has 17 heteroatoms. The highest BCUT2D eigenvalue weighted by Gasteiger charge is 2.29. The fourth-order valence-electron chi connectivity index (χ4n) is 13.8. The minimum Gasteiger partial charge on any atom is -0.497 e. The van der Waals surface area contributed by atoms with E-state index in [4.69, 9.17) is 60.6 Å². The first-order valence-electron chi connectivity index (χ1n) is 47.4. The smallest absolute Gasteiger partial charge is 0.243 e. The predicted molar refractivity (Wildman–Crippen MR) is 584 cm³/mol. The van der Waals surface area contributed by atoms with Crippen LogP contribution in [0.3, 0.4) is 0 Å². The summed E-state index contributed by atoms with van der Waals surface area (Å²) in [7, 11) is 1.24. The van der Waals surface area contributed by atoms with Gasteiger partial charge in [0.25, 0.3) is 0 Å². The molecule has 12 rings (SSSR count). The number of rotatable bonds is 8. The molecule has 1 heterocycles. The van der Waals surface area contributed by atoms with E-state index in [0.717, 1.165) is 63.6 Å². The van der Waals surface area contributed by atoms with Crippen molar-refractivity contribution in [2.45, 2.75) is 328 Å². The third-order valence-electron chi connectivity index (χ3n) is 23.0. The van der Waals surface area contributed by atoms with E-state index in [9.17, 15) is 30.8 Å². The monoisotopic (exact) mass is 1990 g/mol. The van der Waals surface area contributed by atoms with Crippen LogP contribution in [0.4, 0.5) is 17.6 Å². The highest BCUT2D eigenvalue weighted by Crippen LogP contribution is 2.39. The molecule has 8 nitrogen and oxygen atoms in total. The number of methoxy groups -OCH3 is 3. The Labute approximate surface area is 851 Å². The third kappa shape index (κ3) is 41.3. The second-order valence-corrected chi connectivity index (χ2v) is 49.1. The largest absolute Gasteiger partial charge is 0.497 e. The van der Waals surface area contributed by atoms with E-state index in [0.29, 0.717) is 40.1 Å². The van der Waals surface area contributed by atoms with Crippen LogP contribution in [-0.2, 0) is 64.2 Å². The lowest BCUT2D eigenvalue weighted by Crippen LogP contribution is -2.35. The van der Waals surface area contributed by atoms with E-state index in [-0.39, 0.29) is 81.5 Å². The number of ether oxygens (including phenoxy) is 4. The molecule has 0 saturated carbocycles. The number of hydrogen-bond acceptors (Lipinski definition) is 7. The Morgan fingerprint density at radius 2 is 0.739 bits per heavy atom. The topological polar surface area (TPSA) is 91.4 Å². The van der Waals surface area contributed by atoms with Crippen molar-refractivity contribution in [1.82, 2.24) is 4.31 Å². The molecule has 0 radical (unpaired) electrons. The highest BCUT2D eigenvalue weighted by molar-refractivity contribution is 7.89. The summed E-state index contributed by atoms with van der Waals surface area (Å²) >= 11 is 23.4. The van der Waals surface area contributed by atoms with Gasteiger partial charge in [0.2, 0.25) is 10.0 Å². The molecule has 0 atom stereocenters. The van der Waals surface area contributed by atoms with Gasteiger partial charge in [-0.2, -0.15) is 4.31 Å². The SMILES string of the molecule is CC(=O)c1ccc(C(C)(C)C)cc1.CC(C)(C)c1cc(Cl)c(F)c(Cl)c1.CC(C)(C)c1ccc(Oc2ccccc2Cl)cc1.CC(C)(C)c1ccc(S(=O)(=O)N2CCCCC2)cc1.COc1c(F)ccc(C(C)(C)C)c1F.COc1cc(F)cc(C(C)(C)C)c1.COc1cccc(C)c1C(C)(C)C.Cc1ccc(C(C)(C)C)cc1C.Cc1ccc(C(C)(C)C)cc1Cl.Cc1cccc(C(C)(C)C)c1. The van der Waals surface area contributed by atoms with Crippen molar-refractivity contribution in [3.8, 4) is 28.7 Å². The Morgan fingerprint density at radius 3 is 1.14 bits per heavy atom. The molecule has 0 spiro atoms. The molecule has 1 aliphatic rings. The number of para-hydroxylation sites is 1. The van der Waals surface area contributed by atoms with Gasteiger partial charge in [0, 0.05) is 35.3 Å². The first kappa shape index (κ1) is 123. The molecular weight excluding hydrogens is 1830 g/mol. The Kier molecular flexibility index (Phi) is 47.1. The average molecular weight is 1990 g/mol. The Morgan fingerprint density at radius 1 is 0.326 bits per heavy atom. The van der Waals surface area contributed by atoms with Crippen LogP contribution in [-0.4, -0.2) is 52.9 Å². The Hall–Kier alpha value is -8.92. The second-order valence-electron chi connectivity index (χ2n) is 45.5. The normalized spacial score (nSPS) is 12.5. The lowest BCUT2D eigenvalue weighted by Gasteiger charge is -2.26. The summed E-state index contributed by atoms with van der Waals surface area (Å²) in [4.78, 5) is 11.4. The van der Waals surface area contributed by atoms with E-state index in [1.807, 2.05) is 160 Å². The summed E-state index contributed by atoms with van der Waals surface area (Å²) in [5, 5.41) is 1.65.